The molecular formula is C19H19F2NO5S. The Bertz CT molecular complexity index is 970. The van der Waals surface area contributed by atoms with Crippen molar-refractivity contribution in [1.82, 2.24) is 4.31 Å². The first-order chi connectivity index (χ1) is 13.1. The van der Waals surface area contributed by atoms with Crippen LogP contribution >= 0.6 is 0 Å². The zero-order chi connectivity index (χ0) is 20.9. The molecule has 150 valence electrons. The van der Waals surface area contributed by atoms with Crippen molar-refractivity contribution >= 4 is 21.9 Å². The highest BCUT2D eigenvalue weighted by Crippen LogP contribution is 2.30. The number of hydrogen-bond donors (Lipinski definition) is 0. The molecule has 9 heteroatoms. The second-order valence-corrected chi connectivity index (χ2v) is 7.95. The lowest BCUT2D eigenvalue weighted by atomic mass is 10.1. The number of sulfonamides is 1. The standard InChI is InChI=1S/C19H19F2NO5S/c1-22(2)28(24,25)15-8-6-14(7-9-15)16(23)10-4-13-5-11-17(27-19(20)21)18(12-13)26-3/h4-12,19H,1-3H3/b10-4+. The van der Waals surface area contributed by atoms with Gasteiger partial charge in [0.05, 0.1) is 12.0 Å². The number of carbonyl (C=O) groups is 1. The summed E-state index contributed by atoms with van der Waals surface area (Å²) in [7, 11) is 0.584. The minimum atomic E-state index is -3.57. The molecule has 0 aliphatic carbocycles. The molecule has 28 heavy (non-hydrogen) atoms. The minimum absolute atomic E-state index is 0.0809. The van der Waals surface area contributed by atoms with Crippen LogP contribution in [0.5, 0.6) is 11.5 Å². The number of alkyl halides is 2. The molecule has 2 rings (SSSR count). The summed E-state index contributed by atoms with van der Waals surface area (Å²) in [5.74, 6) is -0.354. The summed E-state index contributed by atoms with van der Waals surface area (Å²) in [5, 5.41) is 0. The van der Waals surface area contributed by atoms with Crippen LogP contribution < -0.4 is 9.47 Å². The van der Waals surface area contributed by atoms with E-state index in [2.05, 4.69) is 4.74 Å². The second kappa shape index (κ2) is 8.94. The lowest BCUT2D eigenvalue weighted by Gasteiger charge is -2.11. The van der Waals surface area contributed by atoms with Crippen LogP contribution in [0.2, 0.25) is 0 Å². The monoisotopic (exact) mass is 411 g/mol. The Morgan fingerprint density at radius 1 is 1.07 bits per heavy atom. The third-order valence-corrected chi connectivity index (χ3v) is 5.58. The van der Waals surface area contributed by atoms with E-state index in [9.17, 15) is 22.0 Å². The third-order valence-electron chi connectivity index (χ3n) is 3.75. The highest BCUT2D eigenvalue weighted by molar-refractivity contribution is 7.89. The normalized spacial score (nSPS) is 12.0. The molecule has 2 aromatic carbocycles. The third kappa shape index (κ3) is 5.14. The van der Waals surface area contributed by atoms with E-state index in [-0.39, 0.29) is 22.2 Å². The zero-order valence-electron chi connectivity index (χ0n) is 15.4. The quantitative estimate of drug-likeness (QED) is 0.492. The van der Waals surface area contributed by atoms with Crippen molar-refractivity contribution in [2.24, 2.45) is 0 Å². The number of carbonyl (C=O) groups excluding carboxylic acids is 1. The predicted octanol–water partition coefficient (Wildman–Crippen LogP) is 3.44. The van der Waals surface area contributed by atoms with Gasteiger partial charge in [0.1, 0.15) is 0 Å². The van der Waals surface area contributed by atoms with Crippen LogP contribution in [0, 0.1) is 0 Å². The van der Waals surface area contributed by atoms with Crippen LogP contribution in [-0.4, -0.2) is 46.3 Å². The van der Waals surface area contributed by atoms with Crippen molar-refractivity contribution in [2.45, 2.75) is 11.5 Å². The second-order valence-electron chi connectivity index (χ2n) is 5.80. The fourth-order valence-corrected chi connectivity index (χ4v) is 3.15. The van der Waals surface area contributed by atoms with Gasteiger partial charge in [-0.05, 0) is 48.0 Å². The van der Waals surface area contributed by atoms with E-state index in [1.807, 2.05) is 0 Å². The topological polar surface area (TPSA) is 72.9 Å². The number of benzene rings is 2. The Morgan fingerprint density at radius 2 is 1.71 bits per heavy atom. The van der Waals surface area contributed by atoms with Crippen molar-refractivity contribution in [3.05, 3.63) is 59.7 Å². The summed E-state index contributed by atoms with van der Waals surface area (Å²) in [5.41, 5.74) is 0.845. The largest absolute Gasteiger partial charge is 0.493 e. The van der Waals surface area contributed by atoms with E-state index in [0.29, 0.717) is 11.1 Å². The fraction of sp³-hybridized carbons (Fsp3) is 0.211. The van der Waals surface area contributed by atoms with Crippen molar-refractivity contribution in [2.75, 3.05) is 21.2 Å². The zero-order valence-corrected chi connectivity index (χ0v) is 16.2. The first kappa shape index (κ1) is 21.5. The first-order valence-electron chi connectivity index (χ1n) is 8.03. The maximum absolute atomic E-state index is 12.3. The summed E-state index contributed by atoms with van der Waals surface area (Å²) < 4.78 is 59.2. The molecule has 0 heterocycles. The molecule has 2 aromatic rings. The van der Waals surface area contributed by atoms with Crippen molar-refractivity contribution in [1.29, 1.82) is 0 Å². The molecule has 0 aromatic heterocycles. The summed E-state index contributed by atoms with van der Waals surface area (Å²) >= 11 is 0. The van der Waals surface area contributed by atoms with Gasteiger partial charge in [-0.15, -0.1) is 0 Å². The van der Waals surface area contributed by atoms with Crippen LogP contribution in [0.1, 0.15) is 15.9 Å². The molecule has 0 saturated carbocycles. The van der Waals surface area contributed by atoms with Crippen LogP contribution in [0.25, 0.3) is 6.08 Å². The van der Waals surface area contributed by atoms with Crippen molar-refractivity contribution in [3.63, 3.8) is 0 Å². The molecule has 0 aliphatic rings. The van der Waals surface area contributed by atoms with Crippen molar-refractivity contribution < 1.29 is 31.5 Å². The Kier molecular flexibility index (Phi) is 6.87. The van der Waals surface area contributed by atoms with Gasteiger partial charge in [-0.3, -0.25) is 4.79 Å². The van der Waals surface area contributed by atoms with Crippen LogP contribution in [-0.2, 0) is 10.0 Å². The van der Waals surface area contributed by atoms with E-state index >= 15 is 0 Å². The van der Waals surface area contributed by atoms with E-state index in [4.69, 9.17) is 4.74 Å². The Morgan fingerprint density at radius 3 is 2.25 bits per heavy atom. The summed E-state index contributed by atoms with van der Waals surface area (Å²) in [6.07, 6.45) is 2.78. The van der Waals surface area contributed by atoms with E-state index in [1.54, 1.807) is 0 Å². The van der Waals surface area contributed by atoms with Gasteiger partial charge in [0, 0.05) is 19.7 Å². The lowest BCUT2D eigenvalue weighted by molar-refractivity contribution is -0.0512. The first-order valence-corrected chi connectivity index (χ1v) is 9.47. The molecular weight excluding hydrogens is 392 g/mol. The van der Waals surface area contributed by atoms with Gasteiger partial charge in [0.2, 0.25) is 10.0 Å². The van der Waals surface area contributed by atoms with Crippen molar-refractivity contribution in [3.8, 4) is 11.5 Å². The van der Waals surface area contributed by atoms with E-state index in [1.165, 1.54) is 75.8 Å². The molecule has 0 atom stereocenters. The number of hydrogen-bond acceptors (Lipinski definition) is 5. The number of ether oxygens (including phenoxy) is 2. The maximum Gasteiger partial charge on any atom is 0.387 e. The van der Waals surface area contributed by atoms with Gasteiger partial charge in [0.15, 0.2) is 17.3 Å². The molecule has 0 saturated heterocycles. The summed E-state index contributed by atoms with van der Waals surface area (Å²) in [4.78, 5) is 12.4. The van der Waals surface area contributed by atoms with E-state index in [0.717, 1.165) is 4.31 Å². The summed E-state index contributed by atoms with van der Waals surface area (Å²) in [6, 6.07) is 9.82. The Labute approximate surface area is 162 Å². The molecule has 0 amide bonds. The highest BCUT2D eigenvalue weighted by atomic mass is 32.2. The molecule has 0 bridgehead atoms. The molecule has 0 N–H and O–H groups in total. The molecule has 0 fully saturated rings. The van der Waals surface area contributed by atoms with Gasteiger partial charge in [-0.2, -0.15) is 8.78 Å². The minimum Gasteiger partial charge on any atom is -0.493 e. The molecule has 0 radical (unpaired) electrons. The van der Waals surface area contributed by atoms with Crippen LogP contribution in [0.4, 0.5) is 8.78 Å². The number of nitrogens with zero attached hydrogens (tertiary/aromatic N) is 1. The molecule has 0 aliphatic heterocycles. The van der Waals surface area contributed by atoms with E-state index < -0.39 is 16.6 Å². The lowest BCUT2D eigenvalue weighted by Crippen LogP contribution is -2.22. The number of halogens is 2. The predicted molar refractivity (Wildman–Crippen MR) is 100 cm³/mol. The average molecular weight is 411 g/mol. The van der Waals surface area contributed by atoms with Crippen LogP contribution in [0.3, 0.4) is 0 Å². The highest BCUT2D eigenvalue weighted by Gasteiger charge is 2.17. The van der Waals surface area contributed by atoms with Gasteiger partial charge in [-0.25, -0.2) is 12.7 Å². The summed E-state index contributed by atoms with van der Waals surface area (Å²) in [6.45, 7) is -2.98. The Balaban J connectivity index is 2.17. The molecule has 6 nitrogen and oxygen atoms in total. The molecule has 0 unspecified atom stereocenters. The van der Waals surface area contributed by atoms with Gasteiger partial charge in [-0.1, -0.05) is 12.1 Å². The number of allylic oxidation sites excluding steroid dienone is 1. The number of ketones is 1. The SMILES string of the molecule is COc1cc(/C=C/C(=O)c2ccc(S(=O)(=O)N(C)C)cc2)ccc1OC(F)F. The maximum atomic E-state index is 12.3. The smallest absolute Gasteiger partial charge is 0.387 e. The molecule has 0 spiro atoms. The van der Waals surface area contributed by atoms with Gasteiger partial charge < -0.3 is 9.47 Å². The Hall–Kier alpha value is -2.78. The number of rotatable bonds is 8. The van der Waals surface area contributed by atoms with Gasteiger partial charge >= 0.3 is 6.61 Å². The van der Waals surface area contributed by atoms with Gasteiger partial charge in [0.25, 0.3) is 0 Å². The fourth-order valence-electron chi connectivity index (χ4n) is 2.25. The van der Waals surface area contributed by atoms with Crippen LogP contribution in [0.15, 0.2) is 53.4 Å². The average Bonchev–Trinajstić information content (AvgIpc) is 2.66. The number of methoxy groups -OCH3 is 1.